The SMILES string of the molecule is COC(=O)[C@H](Cc1ccccc1)NC(=O)c1c(O)ccc2ccccc12. The quantitative estimate of drug-likeness (QED) is 0.694. The zero-order chi connectivity index (χ0) is 18.5. The molecule has 1 atom stereocenters. The van der Waals surface area contributed by atoms with Gasteiger partial charge >= 0.3 is 5.97 Å². The minimum atomic E-state index is -0.853. The van der Waals surface area contributed by atoms with Gasteiger partial charge in [-0.1, -0.05) is 60.7 Å². The number of amides is 1. The van der Waals surface area contributed by atoms with E-state index in [0.29, 0.717) is 11.8 Å². The maximum atomic E-state index is 12.8. The Morgan fingerprint density at radius 2 is 1.69 bits per heavy atom. The second kappa shape index (κ2) is 7.70. The van der Waals surface area contributed by atoms with Crippen molar-refractivity contribution in [2.45, 2.75) is 12.5 Å². The molecule has 3 aromatic carbocycles. The number of aromatic hydroxyl groups is 1. The minimum absolute atomic E-state index is 0.135. The number of nitrogens with one attached hydrogen (secondary N) is 1. The lowest BCUT2D eigenvalue weighted by atomic mass is 10.0. The number of carbonyl (C=O) groups is 2. The molecular formula is C21H19NO4. The molecule has 0 aliphatic carbocycles. The van der Waals surface area contributed by atoms with Gasteiger partial charge in [-0.15, -0.1) is 0 Å². The lowest BCUT2D eigenvalue weighted by molar-refractivity contribution is -0.142. The van der Waals surface area contributed by atoms with Gasteiger partial charge in [0, 0.05) is 6.42 Å². The second-order valence-corrected chi connectivity index (χ2v) is 5.92. The van der Waals surface area contributed by atoms with Crippen molar-refractivity contribution in [2.24, 2.45) is 0 Å². The molecular weight excluding hydrogens is 330 g/mol. The van der Waals surface area contributed by atoms with Crippen molar-refractivity contribution < 1.29 is 19.4 Å². The van der Waals surface area contributed by atoms with Crippen LogP contribution in [0.25, 0.3) is 10.8 Å². The van der Waals surface area contributed by atoms with Crippen LogP contribution >= 0.6 is 0 Å². The number of fused-ring (bicyclic) bond motifs is 1. The maximum Gasteiger partial charge on any atom is 0.328 e. The average Bonchev–Trinajstić information content (AvgIpc) is 2.67. The van der Waals surface area contributed by atoms with Crippen LogP contribution < -0.4 is 5.32 Å². The average molecular weight is 349 g/mol. The second-order valence-electron chi connectivity index (χ2n) is 5.92. The first-order valence-electron chi connectivity index (χ1n) is 8.23. The van der Waals surface area contributed by atoms with Crippen LogP contribution in [-0.4, -0.2) is 30.1 Å². The summed E-state index contributed by atoms with van der Waals surface area (Å²) in [5, 5.41) is 14.3. The summed E-state index contributed by atoms with van der Waals surface area (Å²) in [6, 6.07) is 19.0. The molecule has 2 N–H and O–H groups in total. The third-order valence-corrected chi connectivity index (χ3v) is 4.21. The fourth-order valence-electron chi connectivity index (χ4n) is 2.91. The summed E-state index contributed by atoms with van der Waals surface area (Å²) in [4.78, 5) is 25.0. The molecule has 3 aromatic rings. The molecule has 1 amide bonds. The predicted molar refractivity (Wildman–Crippen MR) is 99.0 cm³/mol. The molecule has 0 aromatic heterocycles. The van der Waals surface area contributed by atoms with Crippen molar-refractivity contribution in [3.8, 4) is 5.75 Å². The van der Waals surface area contributed by atoms with Crippen molar-refractivity contribution in [2.75, 3.05) is 7.11 Å². The number of phenolic OH excluding ortho intramolecular Hbond substituents is 1. The largest absolute Gasteiger partial charge is 0.507 e. The van der Waals surface area contributed by atoms with E-state index in [1.807, 2.05) is 42.5 Å². The molecule has 0 aliphatic heterocycles. The van der Waals surface area contributed by atoms with E-state index < -0.39 is 17.9 Å². The van der Waals surface area contributed by atoms with E-state index >= 15 is 0 Å². The molecule has 0 bridgehead atoms. The number of rotatable bonds is 5. The van der Waals surface area contributed by atoms with E-state index in [2.05, 4.69) is 5.32 Å². The molecule has 3 rings (SSSR count). The third-order valence-electron chi connectivity index (χ3n) is 4.21. The van der Waals surface area contributed by atoms with Gasteiger partial charge < -0.3 is 15.2 Å². The van der Waals surface area contributed by atoms with Gasteiger partial charge in [0.15, 0.2) is 0 Å². The summed E-state index contributed by atoms with van der Waals surface area (Å²) >= 11 is 0. The molecule has 0 spiro atoms. The highest BCUT2D eigenvalue weighted by molar-refractivity contribution is 6.10. The zero-order valence-corrected chi connectivity index (χ0v) is 14.3. The molecule has 26 heavy (non-hydrogen) atoms. The van der Waals surface area contributed by atoms with E-state index in [1.54, 1.807) is 18.2 Å². The first-order valence-corrected chi connectivity index (χ1v) is 8.23. The van der Waals surface area contributed by atoms with Crippen LogP contribution in [0.2, 0.25) is 0 Å². The summed E-state index contributed by atoms with van der Waals surface area (Å²) in [5.74, 6) is -1.20. The van der Waals surface area contributed by atoms with Gasteiger partial charge in [0.2, 0.25) is 0 Å². The highest BCUT2D eigenvalue weighted by Gasteiger charge is 2.25. The van der Waals surface area contributed by atoms with Crippen molar-refractivity contribution >= 4 is 22.6 Å². The summed E-state index contributed by atoms with van der Waals surface area (Å²) in [6.45, 7) is 0. The van der Waals surface area contributed by atoms with E-state index in [1.165, 1.54) is 13.2 Å². The van der Waals surface area contributed by atoms with Crippen molar-refractivity contribution in [3.05, 3.63) is 77.9 Å². The topological polar surface area (TPSA) is 75.6 Å². The first-order chi connectivity index (χ1) is 12.6. The van der Waals surface area contributed by atoms with E-state index in [0.717, 1.165) is 10.9 Å². The number of hydrogen-bond donors (Lipinski definition) is 2. The van der Waals surface area contributed by atoms with Crippen LogP contribution in [0, 0.1) is 0 Å². The van der Waals surface area contributed by atoms with Crippen LogP contribution in [0.5, 0.6) is 5.75 Å². The Morgan fingerprint density at radius 3 is 2.42 bits per heavy atom. The van der Waals surface area contributed by atoms with Crippen molar-refractivity contribution in [1.82, 2.24) is 5.32 Å². The van der Waals surface area contributed by atoms with E-state index in [4.69, 9.17) is 4.74 Å². The fraction of sp³-hybridized carbons (Fsp3) is 0.143. The molecule has 0 saturated carbocycles. The summed E-state index contributed by atoms with van der Waals surface area (Å²) in [6.07, 6.45) is 0.296. The zero-order valence-electron chi connectivity index (χ0n) is 14.3. The Hall–Kier alpha value is -3.34. The van der Waals surface area contributed by atoms with E-state index in [9.17, 15) is 14.7 Å². The molecule has 0 fully saturated rings. The first kappa shape index (κ1) is 17.5. The minimum Gasteiger partial charge on any atom is -0.507 e. The summed E-state index contributed by atoms with van der Waals surface area (Å²) in [5.41, 5.74) is 1.04. The number of benzene rings is 3. The Morgan fingerprint density at radius 1 is 1.00 bits per heavy atom. The van der Waals surface area contributed by atoms with Crippen LogP contribution in [0.4, 0.5) is 0 Å². The Bertz CT molecular complexity index is 937. The molecule has 5 heteroatoms. The molecule has 132 valence electrons. The Kier molecular flexibility index (Phi) is 5.17. The number of phenols is 1. The lowest BCUT2D eigenvalue weighted by Gasteiger charge is -2.18. The highest BCUT2D eigenvalue weighted by Crippen LogP contribution is 2.27. The van der Waals surface area contributed by atoms with Crippen LogP contribution in [0.1, 0.15) is 15.9 Å². The van der Waals surface area contributed by atoms with Crippen molar-refractivity contribution in [1.29, 1.82) is 0 Å². The molecule has 0 radical (unpaired) electrons. The van der Waals surface area contributed by atoms with Crippen LogP contribution in [0.3, 0.4) is 0 Å². The molecule has 0 unspecified atom stereocenters. The number of esters is 1. The van der Waals surface area contributed by atoms with Crippen LogP contribution in [0.15, 0.2) is 66.7 Å². The van der Waals surface area contributed by atoms with E-state index in [-0.39, 0.29) is 11.3 Å². The number of hydrogen-bond acceptors (Lipinski definition) is 4. The smallest absolute Gasteiger partial charge is 0.328 e. The fourth-order valence-corrected chi connectivity index (χ4v) is 2.91. The molecule has 0 heterocycles. The molecule has 0 aliphatic rings. The highest BCUT2D eigenvalue weighted by atomic mass is 16.5. The standard InChI is InChI=1S/C21H19NO4/c1-26-21(25)17(13-14-7-3-2-4-8-14)22-20(24)19-16-10-6-5-9-15(16)11-12-18(19)23/h2-12,17,23H,13H2,1H3,(H,22,24)/t17-/m0/s1. The van der Waals surface area contributed by atoms with Gasteiger partial charge in [0.1, 0.15) is 11.8 Å². The number of carbonyl (C=O) groups excluding carboxylic acids is 2. The summed E-state index contributed by atoms with van der Waals surface area (Å²) in [7, 11) is 1.28. The van der Waals surface area contributed by atoms with Gasteiger partial charge in [-0.2, -0.15) is 0 Å². The van der Waals surface area contributed by atoms with Gasteiger partial charge in [-0.25, -0.2) is 4.79 Å². The maximum absolute atomic E-state index is 12.8. The van der Waals surface area contributed by atoms with Crippen molar-refractivity contribution in [3.63, 3.8) is 0 Å². The van der Waals surface area contributed by atoms with Gasteiger partial charge in [0.05, 0.1) is 12.7 Å². The van der Waals surface area contributed by atoms with Crippen LogP contribution in [-0.2, 0) is 16.0 Å². The Balaban J connectivity index is 1.91. The monoisotopic (exact) mass is 349 g/mol. The molecule has 0 saturated heterocycles. The number of methoxy groups -OCH3 is 1. The Labute approximate surface area is 151 Å². The normalized spacial score (nSPS) is 11.7. The van der Waals surface area contributed by atoms with Gasteiger partial charge in [-0.3, -0.25) is 4.79 Å². The van der Waals surface area contributed by atoms with Gasteiger partial charge in [0.25, 0.3) is 5.91 Å². The molecule has 5 nitrogen and oxygen atoms in total. The third kappa shape index (κ3) is 3.67. The number of ether oxygens (including phenoxy) is 1. The summed E-state index contributed by atoms with van der Waals surface area (Å²) < 4.78 is 4.82. The lowest BCUT2D eigenvalue weighted by Crippen LogP contribution is -2.43. The predicted octanol–water partition coefficient (Wildman–Crippen LogP) is 3.06. The van der Waals surface area contributed by atoms with Gasteiger partial charge in [-0.05, 0) is 22.4 Å².